The Balaban J connectivity index is 3.18. The van der Waals surface area contributed by atoms with Crippen molar-refractivity contribution in [3.63, 3.8) is 0 Å². The van der Waals surface area contributed by atoms with Crippen LogP contribution in [0, 0.1) is 17.0 Å². The number of hydrogen-bond donors (Lipinski definition) is 2. The number of nitrogens with one attached hydrogen (secondary N) is 1. The fourth-order valence-electron chi connectivity index (χ4n) is 2.13. The fraction of sp³-hybridized carbons (Fsp3) is 0.429. The van der Waals surface area contributed by atoms with E-state index >= 15 is 0 Å². The number of nitro benzene ring substituents is 1. The molecule has 21 heavy (non-hydrogen) atoms. The molecular weight excluding hydrogens is 276 g/mol. The molecule has 0 fully saturated rings. The highest BCUT2D eigenvalue weighted by atomic mass is 16.6. The van der Waals surface area contributed by atoms with Gasteiger partial charge in [0.25, 0.3) is 11.6 Å². The Morgan fingerprint density at radius 1 is 1.33 bits per heavy atom. The number of carbonyl (C=O) groups is 2. The molecule has 2 N–H and O–H groups in total. The highest BCUT2D eigenvalue weighted by Gasteiger charge is 2.37. The van der Waals surface area contributed by atoms with Gasteiger partial charge in [-0.1, -0.05) is 19.9 Å². The summed E-state index contributed by atoms with van der Waals surface area (Å²) in [5.41, 5.74) is -1.21. The Morgan fingerprint density at radius 2 is 1.90 bits per heavy atom. The van der Waals surface area contributed by atoms with E-state index in [-0.39, 0.29) is 29.7 Å². The van der Waals surface area contributed by atoms with Crippen LogP contribution in [0.2, 0.25) is 0 Å². The lowest BCUT2D eigenvalue weighted by Gasteiger charge is -2.28. The maximum atomic E-state index is 12.3. The highest BCUT2D eigenvalue weighted by molar-refractivity contribution is 5.99. The standard InChI is InChI=1S/C14H18N2O5/c1-4-14(5-2,13(18)19)15-12(17)10-7-6-8-11(9(10)3)16(20)21/h6-8H,4-5H2,1-3H3,(H,15,17)(H,18,19). The molecule has 0 unspecified atom stereocenters. The molecule has 1 rings (SSSR count). The number of nitro groups is 1. The lowest BCUT2D eigenvalue weighted by atomic mass is 9.92. The van der Waals surface area contributed by atoms with Crippen molar-refractivity contribution in [2.75, 3.05) is 0 Å². The minimum atomic E-state index is -1.37. The lowest BCUT2D eigenvalue weighted by molar-refractivity contribution is -0.385. The number of rotatable bonds is 6. The molecule has 114 valence electrons. The minimum Gasteiger partial charge on any atom is -0.480 e. The average Bonchev–Trinajstić information content (AvgIpc) is 2.44. The van der Waals surface area contributed by atoms with Gasteiger partial charge in [-0.3, -0.25) is 14.9 Å². The molecular formula is C14H18N2O5. The van der Waals surface area contributed by atoms with Gasteiger partial charge in [-0.25, -0.2) is 4.79 Å². The third kappa shape index (κ3) is 3.18. The van der Waals surface area contributed by atoms with E-state index in [1.54, 1.807) is 13.8 Å². The Labute approximate surface area is 122 Å². The zero-order chi connectivity index (χ0) is 16.2. The number of aliphatic carboxylic acids is 1. The summed E-state index contributed by atoms with van der Waals surface area (Å²) in [5, 5.41) is 22.7. The van der Waals surface area contributed by atoms with E-state index in [0.29, 0.717) is 0 Å². The molecule has 1 amide bonds. The van der Waals surface area contributed by atoms with Gasteiger partial charge in [0.15, 0.2) is 0 Å². The normalized spacial score (nSPS) is 11.0. The van der Waals surface area contributed by atoms with Gasteiger partial charge in [0.2, 0.25) is 0 Å². The van der Waals surface area contributed by atoms with E-state index in [2.05, 4.69) is 5.32 Å². The fourth-order valence-corrected chi connectivity index (χ4v) is 2.13. The van der Waals surface area contributed by atoms with Crippen LogP contribution in [0.15, 0.2) is 18.2 Å². The smallest absolute Gasteiger partial charge is 0.329 e. The third-order valence-electron chi connectivity index (χ3n) is 3.72. The van der Waals surface area contributed by atoms with Gasteiger partial charge in [-0.2, -0.15) is 0 Å². The van der Waals surface area contributed by atoms with Crippen LogP contribution in [0.1, 0.15) is 42.6 Å². The molecule has 0 atom stereocenters. The first kappa shape index (κ1) is 16.6. The molecule has 0 heterocycles. The maximum Gasteiger partial charge on any atom is 0.329 e. The molecule has 0 spiro atoms. The van der Waals surface area contributed by atoms with Crippen LogP contribution in [-0.2, 0) is 4.79 Å². The van der Waals surface area contributed by atoms with Crippen LogP contribution in [0.3, 0.4) is 0 Å². The summed E-state index contributed by atoms with van der Waals surface area (Å²) in [6.45, 7) is 4.80. The third-order valence-corrected chi connectivity index (χ3v) is 3.72. The number of carboxylic acid groups (broad SMARTS) is 1. The van der Waals surface area contributed by atoms with Gasteiger partial charge in [0.1, 0.15) is 5.54 Å². The van der Waals surface area contributed by atoms with E-state index in [1.165, 1.54) is 25.1 Å². The van der Waals surface area contributed by atoms with E-state index in [9.17, 15) is 24.8 Å². The summed E-state index contributed by atoms with van der Waals surface area (Å²) in [6.07, 6.45) is 0.442. The van der Waals surface area contributed by atoms with Crippen LogP contribution < -0.4 is 5.32 Å². The number of carboxylic acids is 1. The highest BCUT2D eigenvalue weighted by Crippen LogP contribution is 2.23. The number of carbonyl (C=O) groups excluding carboxylic acids is 1. The van der Waals surface area contributed by atoms with Gasteiger partial charge in [0, 0.05) is 17.2 Å². The number of hydrogen-bond acceptors (Lipinski definition) is 4. The molecule has 0 aromatic heterocycles. The summed E-state index contributed by atoms with van der Waals surface area (Å²) in [6, 6.07) is 4.15. The van der Waals surface area contributed by atoms with E-state index in [0.717, 1.165) is 0 Å². The van der Waals surface area contributed by atoms with Crippen molar-refractivity contribution in [2.24, 2.45) is 0 Å². The van der Waals surface area contributed by atoms with Crippen molar-refractivity contribution >= 4 is 17.6 Å². The van der Waals surface area contributed by atoms with Crippen LogP contribution in [-0.4, -0.2) is 27.4 Å². The summed E-state index contributed by atoms with van der Waals surface area (Å²) in [4.78, 5) is 34.0. The van der Waals surface area contributed by atoms with Crippen molar-refractivity contribution in [3.05, 3.63) is 39.4 Å². The molecule has 1 aromatic carbocycles. The van der Waals surface area contributed by atoms with E-state index in [4.69, 9.17) is 0 Å². The Morgan fingerprint density at radius 3 is 2.33 bits per heavy atom. The SMILES string of the molecule is CCC(CC)(NC(=O)c1cccc([N+](=O)[O-])c1C)C(=O)O. The average molecular weight is 294 g/mol. The molecule has 7 nitrogen and oxygen atoms in total. The predicted octanol–water partition coefficient (Wildman–Crippen LogP) is 2.28. The van der Waals surface area contributed by atoms with E-state index in [1.807, 2.05) is 0 Å². The second kappa shape index (κ2) is 6.34. The molecule has 0 saturated heterocycles. The lowest BCUT2D eigenvalue weighted by Crippen LogP contribution is -2.53. The largest absolute Gasteiger partial charge is 0.480 e. The summed E-state index contributed by atoms with van der Waals surface area (Å²) < 4.78 is 0. The van der Waals surface area contributed by atoms with Gasteiger partial charge >= 0.3 is 5.97 Å². The van der Waals surface area contributed by atoms with Crippen molar-refractivity contribution < 1.29 is 19.6 Å². The van der Waals surface area contributed by atoms with Crippen molar-refractivity contribution in [3.8, 4) is 0 Å². The van der Waals surface area contributed by atoms with Crippen molar-refractivity contribution in [1.82, 2.24) is 5.32 Å². The number of nitrogens with zero attached hydrogens (tertiary/aromatic N) is 1. The molecule has 0 saturated carbocycles. The van der Waals surface area contributed by atoms with Crippen molar-refractivity contribution in [1.29, 1.82) is 0 Å². The molecule has 0 bridgehead atoms. The molecule has 0 aliphatic rings. The number of amides is 1. The van der Waals surface area contributed by atoms with Crippen molar-refractivity contribution in [2.45, 2.75) is 39.2 Å². The first-order chi connectivity index (χ1) is 9.79. The summed E-state index contributed by atoms with van der Waals surface area (Å²) in [7, 11) is 0. The zero-order valence-electron chi connectivity index (χ0n) is 12.2. The Kier molecular flexibility index (Phi) is 5.02. The minimum absolute atomic E-state index is 0.108. The topological polar surface area (TPSA) is 110 Å². The molecule has 0 radical (unpaired) electrons. The summed E-state index contributed by atoms with van der Waals surface area (Å²) >= 11 is 0. The second-order valence-corrected chi connectivity index (χ2v) is 4.76. The van der Waals surface area contributed by atoms with Gasteiger partial charge in [-0.05, 0) is 25.8 Å². The van der Waals surface area contributed by atoms with Crippen LogP contribution in [0.4, 0.5) is 5.69 Å². The molecule has 7 heteroatoms. The van der Waals surface area contributed by atoms with Crippen LogP contribution in [0.25, 0.3) is 0 Å². The van der Waals surface area contributed by atoms with Crippen LogP contribution >= 0.6 is 0 Å². The quantitative estimate of drug-likeness (QED) is 0.617. The molecule has 0 aliphatic heterocycles. The monoisotopic (exact) mass is 294 g/mol. The first-order valence-electron chi connectivity index (χ1n) is 6.59. The zero-order valence-corrected chi connectivity index (χ0v) is 12.2. The van der Waals surface area contributed by atoms with E-state index < -0.39 is 22.3 Å². The van der Waals surface area contributed by atoms with Crippen LogP contribution in [0.5, 0.6) is 0 Å². The second-order valence-electron chi connectivity index (χ2n) is 4.76. The Hall–Kier alpha value is -2.44. The van der Waals surface area contributed by atoms with Gasteiger partial charge in [0.05, 0.1) is 4.92 Å². The maximum absolute atomic E-state index is 12.3. The Bertz CT molecular complexity index is 579. The van der Waals surface area contributed by atoms with Gasteiger partial charge < -0.3 is 10.4 Å². The first-order valence-corrected chi connectivity index (χ1v) is 6.59. The molecule has 0 aliphatic carbocycles. The predicted molar refractivity (Wildman–Crippen MR) is 76.2 cm³/mol. The summed E-state index contributed by atoms with van der Waals surface area (Å²) in [5.74, 6) is -1.74. The number of benzene rings is 1. The van der Waals surface area contributed by atoms with Gasteiger partial charge in [-0.15, -0.1) is 0 Å². The molecule has 1 aromatic rings.